The summed E-state index contributed by atoms with van der Waals surface area (Å²) in [6.45, 7) is 0. The maximum Gasteiger partial charge on any atom is -0.00206 e. The number of hydrogen-bond donors (Lipinski definition) is 0. The summed E-state index contributed by atoms with van der Waals surface area (Å²) in [4.78, 5) is 0. The Morgan fingerprint density at radius 3 is 1.41 bits per heavy atom. The zero-order chi connectivity index (χ0) is 29.9. The van der Waals surface area contributed by atoms with Crippen molar-refractivity contribution in [1.29, 1.82) is 0 Å². The molecule has 0 aliphatic heterocycles. The third-order valence-electron chi connectivity index (χ3n) is 10.5. The fourth-order valence-electron chi connectivity index (χ4n) is 8.42. The number of hydrogen-bond acceptors (Lipinski definition) is 0. The first kappa shape index (κ1) is 24.4. The highest BCUT2D eigenvalue weighted by atomic mass is 14.2. The summed E-state index contributed by atoms with van der Waals surface area (Å²) in [6.07, 6.45) is 0. The average molecular weight is 579 g/mol. The molecule has 0 aromatic heterocycles. The fourth-order valence-corrected chi connectivity index (χ4v) is 8.42. The molecule has 0 N–H and O–H groups in total. The van der Waals surface area contributed by atoms with Crippen molar-refractivity contribution < 1.29 is 0 Å². The van der Waals surface area contributed by atoms with Crippen molar-refractivity contribution in [3.8, 4) is 22.3 Å². The third kappa shape index (κ3) is 3.23. The van der Waals surface area contributed by atoms with Gasteiger partial charge in [-0.3, -0.25) is 0 Å². The molecule has 0 bridgehead atoms. The molecule has 46 heavy (non-hydrogen) atoms. The molecular formula is C46H26. The first-order chi connectivity index (χ1) is 22.8. The number of fused-ring (bicyclic) bond motifs is 3. The summed E-state index contributed by atoms with van der Waals surface area (Å²) in [7, 11) is 0. The van der Waals surface area contributed by atoms with Gasteiger partial charge in [-0.1, -0.05) is 133 Å². The Kier molecular flexibility index (Phi) is 4.66. The summed E-state index contributed by atoms with van der Waals surface area (Å²) in [5.41, 5.74) is 5.07. The maximum absolute atomic E-state index is 2.42. The van der Waals surface area contributed by atoms with E-state index in [1.165, 1.54) is 108 Å². The van der Waals surface area contributed by atoms with Gasteiger partial charge in [0.1, 0.15) is 0 Å². The first-order valence-electron chi connectivity index (χ1n) is 16.1. The Morgan fingerprint density at radius 1 is 0.217 bits per heavy atom. The third-order valence-corrected chi connectivity index (χ3v) is 10.5. The van der Waals surface area contributed by atoms with Crippen LogP contribution in [-0.2, 0) is 0 Å². The Morgan fingerprint density at radius 2 is 0.717 bits per heavy atom. The molecule has 0 fully saturated rings. The van der Waals surface area contributed by atoms with Crippen molar-refractivity contribution in [2.75, 3.05) is 0 Å². The molecule has 0 heterocycles. The van der Waals surface area contributed by atoms with E-state index in [0.717, 1.165) is 0 Å². The smallest absolute Gasteiger partial charge is 0.00206 e. The summed E-state index contributed by atoms with van der Waals surface area (Å²) in [5.74, 6) is 0. The Hall–Kier alpha value is -5.98. The molecule has 0 saturated carbocycles. The van der Waals surface area contributed by atoms with Gasteiger partial charge in [-0.2, -0.15) is 0 Å². The minimum atomic E-state index is 1.25. The molecule has 0 nitrogen and oxygen atoms in total. The van der Waals surface area contributed by atoms with Crippen molar-refractivity contribution in [3.05, 3.63) is 158 Å². The molecule has 11 rings (SSSR count). The van der Waals surface area contributed by atoms with E-state index in [1.54, 1.807) is 0 Å². The van der Waals surface area contributed by atoms with Gasteiger partial charge in [0.15, 0.2) is 0 Å². The maximum atomic E-state index is 2.42. The van der Waals surface area contributed by atoms with Crippen LogP contribution in [-0.4, -0.2) is 0 Å². The molecule has 0 aliphatic carbocycles. The predicted octanol–water partition coefficient (Wildman–Crippen LogP) is 13.1. The second kappa shape index (κ2) is 8.81. The summed E-state index contributed by atoms with van der Waals surface area (Å²) < 4.78 is 0. The van der Waals surface area contributed by atoms with Crippen LogP contribution in [0.4, 0.5) is 0 Å². The van der Waals surface area contributed by atoms with Gasteiger partial charge < -0.3 is 0 Å². The Balaban J connectivity index is 1.17. The standard InChI is InChI=1S/C46H26/c1-2-10-40-39(9-1)38-21-19-32(37-20-17-31-12-11-29-7-4-8-30-18-22-41(37)46(31)44(29)30)23-36(38)26-42(40)35-24-33-15-13-27-5-3-6-28-14-16-34(25-35)45(33)43(27)28/h1-26H. The van der Waals surface area contributed by atoms with E-state index in [2.05, 4.69) is 158 Å². The summed E-state index contributed by atoms with van der Waals surface area (Å²) in [5, 5.41) is 21.0. The number of rotatable bonds is 2. The summed E-state index contributed by atoms with van der Waals surface area (Å²) >= 11 is 0. The van der Waals surface area contributed by atoms with E-state index in [4.69, 9.17) is 0 Å². The first-order valence-corrected chi connectivity index (χ1v) is 16.1. The second-order valence-electron chi connectivity index (χ2n) is 12.9. The van der Waals surface area contributed by atoms with Crippen molar-refractivity contribution >= 4 is 86.2 Å². The molecule has 210 valence electrons. The van der Waals surface area contributed by atoms with Gasteiger partial charge in [0, 0.05) is 0 Å². The van der Waals surface area contributed by atoms with Crippen LogP contribution in [0.3, 0.4) is 0 Å². The number of benzene rings is 11. The lowest BCUT2D eigenvalue weighted by molar-refractivity contribution is 1.69. The van der Waals surface area contributed by atoms with Gasteiger partial charge in [0.2, 0.25) is 0 Å². The average Bonchev–Trinajstić information content (AvgIpc) is 3.12. The highest BCUT2D eigenvalue weighted by Gasteiger charge is 2.16. The van der Waals surface area contributed by atoms with Crippen LogP contribution in [0, 0.1) is 0 Å². The van der Waals surface area contributed by atoms with E-state index in [-0.39, 0.29) is 0 Å². The molecule has 0 heteroatoms. The van der Waals surface area contributed by atoms with Gasteiger partial charge >= 0.3 is 0 Å². The molecule has 0 aliphatic rings. The van der Waals surface area contributed by atoms with E-state index in [1.807, 2.05) is 0 Å². The van der Waals surface area contributed by atoms with Crippen LogP contribution < -0.4 is 0 Å². The van der Waals surface area contributed by atoms with Crippen molar-refractivity contribution in [2.45, 2.75) is 0 Å². The van der Waals surface area contributed by atoms with Crippen LogP contribution in [0.5, 0.6) is 0 Å². The Labute approximate surface area is 265 Å². The van der Waals surface area contributed by atoms with Crippen molar-refractivity contribution in [2.24, 2.45) is 0 Å². The van der Waals surface area contributed by atoms with Crippen LogP contribution in [0.2, 0.25) is 0 Å². The van der Waals surface area contributed by atoms with Crippen LogP contribution >= 0.6 is 0 Å². The van der Waals surface area contributed by atoms with Gasteiger partial charge in [-0.25, -0.2) is 0 Å². The predicted molar refractivity (Wildman–Crippen MR) is 200 cm³/mol. The lowest BCUT2D eigenvalue weighted by atomic mass is 9.87. The molecule has 0 spiro atoms. The molecule has 0 amide bonds. The van der Waals surface area contributed by atoms with E-state index in [9.17, 15) is 0 Å². The zero-order valence-electron chi connectivity index (χ0n) is 25.0. The van der Waals surface area contributed by atoms with Crippen LogP contribution in [0.1, 0.15) is 0 Å². The molecule has 0 radical (unpaired) electrons. The van der Waals surface area contributed by atoms with Gasteiger partial charge in [0.05, 0.1) is 0 Å². The SMILES string of the molecule is c1cc2ccc3cc(-c4cc5cc(-c6ccc7ccc8cccc9ccc6c7c89)ccc5c5ccccc45)cc4ccc(c1)c2c34. The van der Waals surface area contributed by atoms with Gasteiger partial charge in [-0.05, 0) is 133 Å². The van der Waals surface area contributed by atoms with Crippen LogP contribution in [0.15, 0.2) is 158 Å². The molecule has 0 saturated heterocycles. The molecule has 0 atom stereocenters. The van der Waals surface area contributed by atoms with E-state index >= 15 is 0 Å². The monoisotopic (exact) mass is 578 g/mol. The fraction of sp³-hybridized carbons (Fsp3) is 0. The minimum absolute atomic E-state index is 1.25. The summed E-state index contributed by atoms with van der Waals surface area (Å²) in [6, 6.07) is 59.3. The highest BCUT2D eigenvalue weighted by molar-refractivity contribution is 6.27. The van der Waals surface area contributed by atoms with Crippen molar-refractivity contribution in [3.63, 3.8) is 0 Å². The van der Waals surface area contributed by atoms with Gasteiger partial charge in [-0.15, -0.1) is 0 Å². The largest absolute Gasteiger partial charge is 0.0616 e. The minimum Gasteiger partial charge on any atom is -0.0616 e. The van der Waals surface area contributed by atoms with E-state index in [0.29, 0.717) is 0 Å². The lowest BCUT2D eigenvalue weighted by Gasteiger charge is -2.16. The van der Waals surface area contributed by atoms with Crippen molar-refractivity contribution in [1.82, 2.24) is 0 Å². The Bertz CT molecular complexity index is 2940. The van der Waals surface area contributed by atoms with Crippen LogP contribution in [0.25, 0.3) is 108 Å². The topological polar surface area (TPSA) is 0 Å². The van der Waals surface area contributed by atoms with E-state index < -0.39 is 0 Å². The molecule has 11 aromatic rings. The lowest BCUT2D eigenvalue weighted by Crippen LogP contribution is -1.89. The quantitative estimate of drug-likeness (QED) is 0.179. The molecule has 0 unspecified atom stereocenters. The molecule has 11 aromatic carbocycles. The second-order valence-corrected chi connectivity index (χ2v) is 12.9. The molecular weight excluding hydrogens is 553 g/mol. The highest BCUT2D eigenvalue weighted by Crippen LogP contribution is 2.43. The normalized spacial score (nSPS) is 12.3. The van der Waals surface area contributed by atoms with Gasteiger partial charge in [0.25, 0.3) is 0 Å². The zero-order valence-corrected chi connectivity index (χ0v) is 25.0.